The van der Waals surface area contributed by atoms with Crippen LogP contribution in [0.4, 0.5) is 0 Å². The Labute approximate surface area is 148 Å². The smallest absolute Gasteiger partial charge is 0.230 e. The molecule has 1 atom stereocenters. The molecule has 0 aromatic heterocycles. The summed E-state index contributed by atoms with van der Waals surface area (Å²) in [5.74, 6) is 1.56. The summed E-state index contributed by atoms with van der Waals surface area (Å²) in [7, 11) is 1.66. The van der Waals surface area contributed by atoms with E-state index in [0.29, 0.717) is 13.1 Å². The van der Waals surface area contributed by atoms with Gasteiger partial charge in [0.05, 0.1) is 12.5 Å². The van der Waals surface area contributed by atoms with Gasteiger partial charge in [-0.05, 0) is 49.8 Å². The van der Waals surface area contributed by atoms with Crippen molar-refractivity contribution in [3.8, 4) is 5.75 Å². The van der Waals surface area contributed by atoms with Gasteiger partial charge >= 0.3 is 0 Å². The third-order valence-corrected chi connectivity index (χ3v) is 5.92. The van der Waals surface area contributed by atoms with Gasteiger partial charge in [0.15, 0.2) is 0 Å². The van der Waals surface area contributed by atoms with Gasteiger partial charge in [-0.2, -0.15) is 0 Å². The van der Waals surface area contributed by atoms with Gasteiger partial charge < -0.3 is 14.5 Å². The first kappa shape index (κ1) is 16.4. The van der Waals surface area contributed by atoms with Gasteiger partial charge in [0.1, 0.15) is 5.75 Å². The average Bonchev–Trinajstić information content (AvgIpc) is 3.40. The molecule has 0 N–H and O–H groups in total. The van der Waals surface area contributed by atoms with Crippen LogP contribution in [0.1, 0.15) is 37.7 Å². The largest absolute Gasteiger partial charge is 0.497 e. The lowest BCUT2D eigenvalue weighted by atomic mass is 9.78. The standard InChI is InChI=1S/C20H26N2O3/c1-25-17-5-2-4-15(12-17)13-21-10-3-8-20(19(21)24)9-11-22(14-20)18(23)16-6-7-16/h2,4-5,12,16H,3,6-11,13-14H2,1H3/t20-/m0/s1. The molecule has 1 aliphatic carbocycles. The van der Waals surface area contributed by atoms with Gasteiger partial charge in [-0.3, -0.25) is 9.59 Å². The monoisotopic (exact) mass is 342 g/mol. The molecule has 0 bridgehead atoms. The van der Waals surface area contributed by atoms with Gasteiger partial charge in [0.2, 0.25) is 11.8 Å². The van der Waals surface area contributed by atoms with E-state index in [2.05, 4.69) is 0 Å². The molecule has 5 heteroatoms. The lowest BCUT2D eigenvalue weighted by Gasteiger charge is -2.39. The number of carbonyl (C=O) groups excluding carboxylic acids is 2. The molecule has 2 saturated heterocycles. The normalized spacial score (nSPS) is 26.4. The maximum atomic E-state index is 13.2. The Morgan fingerprint density at radius 3 is 2.88 bits per heavy atom. The van der Waals surface area contributed by atoms with Crippen molar-refractivity contribution in [3.63, 3.8) is 0 Å². The van der Waals surface area contributed by atoms with E-state index in [1.807, 2.05) is 34.1 Å². The number of nitrogens with zero attached hydrogens (tertiary/aromatic N) is 2. The molecule has 5 nitrogen and oxygen atoms in total. The van der Waals surface area contributed by atoms with Crippen LogP contribution in [0.2, 0.25) is 0 Å². The first-order chi connectivity index (χ1) is 12.1. The molecule has 0 unspecified atom stereocenters. The number of methoxy groups -OCH3 is 1. The molecule has 3 aliphatic rings. The SMILES string of the molecule is COc1cccc(CN2CCC[C@@]3(CCN(C(=O)C4CC4)C3)C2=O)c1. The number of ether oxygens (including phenoxy) is 1. The predicted octanol–water partition coefficient (Wildman–Crippen LogP) is 2.45. The second-order valence-electron chi connectivity index (χ2n) is 7.75. The molecule has 2 heterocycles. The van der Waals surface area contributed by atoms with Crippen molar-refractivity contribution < 1.29 is 14.3 Å². The molecule has 0 radical (unpaired) electrons. The minimum Gasteiger partial charge on any atom is -0.497 e. The van der Waals surface area contributed by atoms with Crippen molar-refractivity contribution in [1.29, 1.82) is 0 Å². The highest BCUT2D eigenvalue weighted by atomic mass is 16.5. The van der Waals surface area contributed by atoms with Crippen molar-refractivity contribution >= 4 is 11.8 Å². The fourth-order valence-electron chi connectivity index (χ4n) is 4.32. The molecule has 2 amide bonds. The highest BCUT2D eigenvalue weighted by Gasteiger charge is 2.50. The second kappa shape index (κ2) is 6.36. The fraction of sp³-hybridized carbons (Fsp3) is 0.600. The van der Waals surface area contributed by atoms with E-state index < -0.39 is 0 Å². The number of amides is 2. The van der Waals surface area contributed by atoms with Crippen molar-refractivity contribution in [2.24, 2.45) is 11.3 Å². The Morgan fingerprint density at radius 2 is 2.12 bits per heavy atom. The molecule has 1 spiro atoms. The predicted molar refractivity (Wildman–Crippen MR) is 94.0 cm³/mol. The lowest BCUT2D eigenvalue weighted by Crippen LogP contribution is -2.50. The van der Waals surface area contributed by atoms with E-state index in [1.165, 1.54) is 0 Å². The highest BCUT2D eigenvalue weighted by molar-refractivity contribution is 5.87. The summed E-state index contributed by atoms with van der Waals surface area (Å²) in [5, 5.41) is 0. The average molecular weight is 342 g/mol. The Bertz CT molecular complexity index is 685. The summed E-state index contributed by atoms with van der Waals surface area (Å²) < 4.78 is 5.29. The van der Waals surface area contributed by atoms with Crippen LogP contribution >= 0.6 is 0 Å². The van der Waals surface area contributed by atoms with E-state index in [1.54, 1.807) is 7.11 Å². The summed E-state index contributed by atoms with van der Waals surface area (Å²) in [6, 6.07) is 7.91. The summed E-state index contributed by atoms with van der Waals surface area (Å²) in [6.07, 6.45) is 4.80. The number of benzene rings is 1. The molecule has 134 valence electrons. The zero-order valence-corrected chi connectivity index (χ0v) is 14.9. The first-order valence-electron chi connectivity index (χ1n) is 9.32. The molecule has 4 rings (SSSR count). The number of rotatable bonds is 4. The fourth-order valence-corrected chi connectivity index (χ4v) is 4.32. The number of likely N-dealkylation sites (tertiary alicyclic amines) is 2. The van der Waals surface area contributed by atoms with E-state index in [0.717, 1.165) is 56.5 Å². The minimum atomic E-state index is -0.346. The van der Waals surface area contributed by atoms with Crippen LogP contribution in [0.5, 0.6) is 5.75 Å². The van der Waals surface area contributed by atoms with Crippen LogP contribution in [-0.4, -0.2) is 48.4 Å². The van der Waals surface area contributed by atoms with Gasteiger partial charge in [0.25, 0.3) is 0 Å². The van der Waals surface area contributed by atoms with Gasteiger partial charge in [-0.15, -0.1) is 0 Å². The zero-order valence-electron chi connectivity index (χ0n) is 14.9. The maximum Gasteiger partial charge on any atom is 0.230 e. The van der Waals surface area contributed by atoms with Crippen LogP contribution in [0.3, 0.4) is 0 Å². The van der Waals surface area contributed by atoms with E-state index in [9.17, 15) is 9.59 Å². The minimum absolute atomic E-state index is 0.229. The Hall–Kier alpha value is -2.04. The third kappa shape index (κ3) is 3.12. The highest BCUT2D eigenvalue weighted by Crippen LogP contribution is 2.42. The van der Waals surface area contributed by atoms with Crippen molar-refractivity contribution in [3.05, 3.63) is 29.8 Å². The molecular formula is C20H26N2O3. The third-order valence-electron chi connectivity index (χ3n) is 5.92. The quantitative estimate of drug-likeness (QED) is 0.844. The van der Waals surface area contributed by atoms with Crippen LogP contribution in [0.15, 0.2) is 24.3 Å². The van der Waals surface area contributed by atoms with Crippen LogP contribution in [0.25, 0.3) is 0 Å². The summed E-state index contributed by atoms with van der Waals surface area (Å²) >= 11 is 0. The Kier molecular flexibility index (Phi) is 4.18. The Morgan fingerprint density at radius 1 is 1.28 bits per heavy atom. The second-order valence-corrected chi connectivity index (χ2v) is 7.75. The number of piperidine rings is 1. The molecule has 1 aromatic carbocycles. The summed E-state index contributed by atoms with van der Waals surface area (Å²) in [5.41, 5.74) is 0.746. The topological polar surface area (TPSA) is 49.9 Å². The summed E-state index contributed by atoms with van der Waals surface area (Å²) in [4.78, 5) is 29.5. The number of hydrogen-bond donors (Lipinski definition) is 0. The molecule has 1 aromatic rings. The zero-order chi connectivity index (χ0) is 17.4. The van der Waals surface area contributed by atoms with Crippen LogP contribution < -0.4 is 4.74 Å². The maximum absolute atomic E-state index is 13.2. The Balaban J connectivity index is 1.46. The lowest BCUT2D eigenvalue weighted by molar-refractivity contribution is -0.147. The molecular weight excluding hydrogens is 316 g/mol. The van der Waals surface area contributed by atoms with Gasteiger partial charge in [-0.1, -0.05) is 12.1 Å². The number of hydrogen-bond acceptors (Lipinski definition) is 3. The van der Waals surface area contributed by atoms with E-state index in [-0.39, 0.29) is 23.1 Å². The first-order valence-corrected chi connectivity index (χ1v) is 9.32. The summed E-state index contributed by atoms with van der Waals surface area (Å²) in [6.45, 7) is 2.78. The van der Waals surface area contributed by atoms with Gasteiger partial charge in [-0.25, -0.2) is 0 Å². The van der Waals surface area contributed by atoms with Crippen molar-refractivity contribution in [2.45, 2.75) is 38.6 Å². The van der Waals surface area contributed by atoms with E-state index in [4.69, 9.17) is 4.74 Å². The van der Waals surface area contributed by atoms with Crippen molar-refractivity contribution in [2.75, 3.05) is 26.7 Å². The molecule has 3 fully saturated rings. The van der Waals surface area contributed by atoms with Crippen molar-refractivity contribution in [1.82, 2.24) is 9.80 Å². The van der Waals surface area contributed by atoms with Crippen LogP contribution in [-0.2, 0) is 16.1 Å². The van der Waals surface area contributed by atoms with Gasteiger partial charge in [0, 0.05) is 32.1 Å². The molecule has 2 aliphatic heterocycles. The van der Waals surface area contributed by atoms with Crippen LogP contribution in [0, 0.1) is 11.3 Å². The molecule has 25 heavy (non-hydrogen) atoms. The molecule has 1 saturated carbocycles. The van der Waals surface area contributed by atoms with E-state index >= 15 is 0 Å². The number of carbonyl (C=O) groups is 2.